The zero-order chi connectivity index (χ0) is 13.7. The molecule has 3 nitrogen and oxygen atoms in total. The molecule has 0 aliphatic heterocycles. The average molecular weight is 271 g/mol. The number of halogens is 1. The lowest BCUT2D eigenvalue weighted by molar-refractivity contribution is -0.137. The van der Waals surface area contributed by atoms with Crippen LogP contribution in [0.4, 0.5) is 0 Å². The van der Waals surface area contributed by atoms with Gasteiger partial charge in [0, 0.05) is 11.4 Å². The first-order chi connectivity index (χ1) is 8.45. The number of rotatable bonds is 6. The van der Waals surface area contributed by atoms with E-state index in [0.717, 1.165) is 16.9 Å². The number of aliphatic carboxylic acids is 1. The molecule has 1 rings (SSSR count). The number of carbonyl (C=O) groups is 1. The van der Waals surface area contributed by atoms with Gasteiger partial charge in [-0.25, -0.2) is 0 Å². The van der Waals surface area contributed by atoms with E-state index in [9.17, 15) is 4.79 Å². The summed E-state index contributed by atoms with van der Waals surface area (Å²) in [5.41, 5.74) is 2.05. The van der Waals surface area contributed by atoms with E-state index in [-0.39, 0.29) is 6.42 Å². The molecular formula is C14H19ClO3. The van der Waals surface area contributed by atoms with Crippen LogP contribution in [0.5, 0.6) is 5.75 Å². The number of methoxy groups -OCH3 is 1. The lowest BCUT2D eigenvalue weighted by Crippen LogP contribution is -2.01. The molecule has 1 aromatic carbocycles. The zero-order valence-corrected chi connectivity index (χ0v) is 11.8. The minimum atomic E-state index is -0.778. The summed E-state index contributed by atoms with van der Waals surface area (Å²) in [6, 6.07) is 3.76. The van der Waals surface area contributed by atoms with E-state index in [4.69, 9.17) is 21.4 Å². The molecule has 0 heterocycles. The highest BCUT2D eigenvalue weighted by Gasteiger charge is 2.14. The van der Waals surface area contributed by atoms with Crippen molar-refractivity contribution in [3.05, 3.63) is 28.3 Å². The Bertz CT molecular complexity index is 427. The third-order valence-corrected chi connectivity index (χ3v) is 3.04. The largest absolute Gasteiger partial charge is 0.496 e. The molecule has 1 N–H and O–H groups in total. The predicted molar refractivity (Wildman–Crippen MR) is 72.7 cm³/mol. The SMILES string of the molecule is COc1c(CCCC(=O)O)cc(Cl)cc1C(C)C. The number of aryl methyl sites for hydroxylation is 1. The summed E-state index contributed by atoms with van der Waals surface area (Å²) in [5, 5.41) is 9.33. The average Bonchev–Trinajstić information content (AvgIpc) is 2.27. The van der Waals surface area contributed by atoms with Crippen LogP contribution < -0.4 is 4.74 Å². The Labute approximate surface area is 113 Å². The van der Waals surface area contributed by atoms with E-state index in [1.54, 1.807) is 7.11 Å². The Balaban J connectivity index is 2.98. The van der Waals surface area contributed by atoms with Crippen molar-refractivity contribution in [1.82, 2.24) is 0 Å². The van der Waals surface area contributed by atoms with Crippen LogP contribution in [0.1, 0.15) is 43.7 Å². The number of benzene rings is 1. The summed E-state index contributed by atoms with van der Waals surface area (Å²) in [6.45, 7) is 4.16. The van der Waals surface area contributed by atoms with Gasteiger partial charge in [-0.05, 0) is 42.0 Å². The monoisotopic (exact) mass is 270 g/mol. The molecule has 0 aliphatic carbocycles. The highest BCUT2D eigenvalue weighted by Crippen LogP contribution is 2.34. The van der Waals surface area contributed by atoms with Gasteiger partial charge in [-0.3, -0.25) is 4.79 Å². The van der Waals surface area contributed by atoms with Crippen LogP contribution in [-0.4, -0.2) is 18.2 Å². The second kappa shape index (κ2) is 6.64. The van der Waals surface area contributed by atoms with E-state index in [2.05, 4.69) is 13.8 Å². The van der Waals surface area contributed by atoms with Crippen molar-refractivity contribution in [3.63, 3.8) is 0 Å². The van der Waals surface area contributed by atoms with Gasteiger partial charge in [-0.15, -0.1) is 0 Å². The quantitative estimate of drug-likeness (QED) is 0.853. The van der Waals surface area contributed by atoms with Gasteiger partial charge in [0.05, 0.1) is 7.11 Å². The maximum absolute atomic E-state index is 10.5. The lowest BCUT2D eigenvalue weighted by Gasteiger charge is -2.16. The first-order valence-electron chi connectivity index (χ1n) is 6.03. The fourth-order valence-corrected chi connectivity index (χ4v) is 2.22. The molecule has 0 aromatic heterocycles. The van der Waals surface area contributed by atoms with Crippen LogP contribution in [0.3, 0.4) is 0 Å². The van der Waals surface area contributed by atoms with Gasteiger partial charge >= 0.3 is 5.97 Å². The van der Waals surface area contributed by atoms with Crippen molar-refractivity contribution in [2.75, 3.05) is 7.11 Å². The molecule has 4 heteroatoms. The molecule has 0 atom stereocenters. The van der Waals surface area contributed by atoms with E-state index in [1.165, 1.54) is 0 Å². The lowest BCUT2D eigenvalue weighted by atomic mass is 9.96. The van der Waals surface area contributed by atoms with Gasteiger partial charge in [-0.2, -0.15) is 0 Å². The van der Waals surface area contributed by atoms with Crippen LogP contribution in [0, 0.1) is 0 Å². The third-order valence-electron chi connectivity index (χ3n) is 2.82. The minimum Gasteiger partial charge on any atom is -0.496 e. The maximum atomic E-state index is 10.5. The van der Waals surface area contributed by atoms with E-state index < -0.39 is 5.97 Å². The fourth-order valence-electron chi connectivity index (χ4n) is 1.97. The molecule has 0 amide bonds. The normalized spacial score (nSPS) is 10.7. The standard InChI is InChI=1S/C14H19ClO3/c1-9(2)12-8-11(15)7-10(14(12)18-3)5-4-6-13(16)17/h7-9H,4-6H2,1-3H3,(H,16,17). The van der Waals surface area contributed by atoms with Crippen molar-refractivity contribution in [1.29, 1.82) is 0 Å². The topological polar surface area (TPSA) is 46.5 Å². The Kier molecular flexibility index (Phi) is 5.48. The fraction of sp³-hybridized carbons (Fsp3) is 0.500. The predicted octanol–water partition coefficient (Wildman–Crippen LogP) is 3.88. The molecule has 0 radical (unpaired) electrons. The highest BCUT2D eigenvalue weighted by atomic mass is 35.5. The Morgan fingerprint density at radius 2 is 2.11 bits per heavy atom. The van der Waals surface area contributed by atoms with Crippen LogP contribution in [0.2, 0.25) is 5.02 Å². The van der Waals surface area contributed by atoms with Crippen molar-refractivity contribution >= 4 is 17.6 Å². The minimum absolute atomic E-state index is 0.159. The molecule has 0 unspecified atom stereocenters. The molecule has 0 saturated heterocycles. The van der Waals surface area contributed by atoms with Crippen molar-refractivity contribution in [2.45, 2.75) is 39.0 Å². The Morgan fingerprint density at radius 3 is 2.61 bits per heavy atom. The van der Waals surface area contributed by atoms with Crippen LogP contribution >= 0.6 is 11.6 Å². The molecular weight excluding hydrogens is 252 g/mol. The second-order valence-corrected chi connectivity index (χ2v) is 5.03. The summed E-state index contributed by atoms with van der Waals surface area (Å²) in [4.78, 5) is 10.5. The maximum Gasteiger partial charge on any atom is 0.303 e. The number of carboxylic acids is 1. The van der Waals surface area contributed by atoms with Gasteiger partial charge in [-0.1, -0.05) is 25.4 Å². The Morgan fingerprint density at radius 1 is 1.44 bits per heavy atom. The smallest absolute Gasteiger partial charge is 0.303 e. The van der Waals surface area contributed by atoms with Gasteiger partial charge in [0.2, 0.25) is 0 Å². The van der Waals surface area contributed by atoms with Crippen LogP contribution in [0.25, 0.3) is 0 Å². The van der Waals surface area contributed by atoms with Crippen molar-refractivity contribution in [3.8, 4) is 5.75 Å². The highest BCUT2D eigenvalue weighted by molar-refractivity contribution is 6.30. The summed E-state index contributed by atoms with van der Waals surface area (Å²) in [6.07, 6.45) is 1.41. The molecule has 0 bridgehead atoms. The van der Waals surface area contributed by atoms with Crippen molar-refractivity contribution < 1.29 is 14.6 Å². The van der Waals surface area contributed by atoms with Gasteiger partial charge in [0.1, 0.15) is 5.75 Å². The molecule has 0 saturated carbocycles. The summed E-state index contributed by atoms with van der Waals surface area (Å²) >= 11 is 6.09. The summed E-state index contributed by atoms with van der Waals surface area (Å²) in [7, 11) is 1.63. The zero-order valence-electron chi connectivity index (χ0n) is 11.0. The number of carboxylic acid groups (broad SMARTS) is 1. The first-order valence-corrected chi connectivity index (χ1v) is 6.41. The molecule has 1 aromatic rings. The van der Waals surface area contributed by atoms with Crippen LogP contribution in [-0.2, 0) is 11.2 Å². The van der Waals surface area contributed by atoms with Crippen LogP contribution in [0.15, 0.2) is 12.1 Å². The van der Waals surface area contributed by atoms with Crippen molar-refractivity contribution in [2.24, 2.45) is 0 Å². The number of hydrogen-bond donors (Lipinski definition) is 1. The molecule has 0 fully saturated rings. The Hall–Kier alpha value is -1.22. The third kappa shape index (κ3) is 3.91. The summed E-state index contributed by atoms with van der Waals surface area (Å²) < 4.78 is 5.44. The number of hydrogen-bond acceptors (Lipinski definition) is 2. The molecule has 0 aliphatic rings. The molecule has 100 valence electrons. The second-order valence-electron chi connectivity index (χ2n) is 4.59. The number of ether oxygens (including phenoxy) is 1. The van der Waals surface area contributed by atoms with E-state index in [0.29, 0.717) is 23.8 Å². The molecule has 18 heavy (non-hydrogen) atoms. The van der Waals surface area contributed by atoms with E-state index in [1.807, 2.05) is 12.1 Å². The van der Waals surface area contributed by atoms with Gasteiger partial charge in [0.25, 0.3) is 0 Å². The van der Waals surface area contributed by atoms with Gasteiger partial charge in [0.15, 0.2) is 0 Å². The first kappa shape index (κ1) is 14.8. The van der Waals surface area contributed by atoms with Gasteiger partial charge < -0.3 is 9.84 Å². The van der Waals surface area contributed by atoms with E-state index >= 15 is 0 Å². The molecule has 0 spiro atoms. The summed E-state index contributed by atoms with van der Waals surface area (Å²) in [5.74, 6) is 0.372.